The first kappa shape index (κ1) is 17.9. The third-order valence-electron chi connectivity index (χ3n) is 3.53. The van der Waals surface area contributed by atoms with Crippen molar-refractivity contribution in [3.8, 4) is 10.6 Å². The number of aryl methyl sites for hydroxylation is 1. The Morgan fingerprint density at radius 3 is 2.70 bits per heavy atom. The molecule has 6 heteroatoms. The van der Waals surface area contributed by atoms with E-state index < -0.39 is 0 Å². The van der Waals surface area contributed by atoms with Crippen LogP contribution in [0.3, 0.4) is 0 Å². The average molecular weight is 352 g/mol. The smallest absolute Gasteiger partial charge is 0.220 e. The van der Waals surface area contributed by atoms with Gasteiger partial charge in [-0.25, -0.2) is 4.98 Å². The molecule has 4 nitrogen and oxygen atoms in total. The number of benzene rings is 1. The predicted molar refractivity (Wildman–Crippen MR) is 97.0 cm³/mol. The van der Waals surface area contributed by atoms with E-state index in [1.807, 2.05) is 45.2 Å². The Kier molecular flexibility index (Phi) is 6.57. The van der Waals surface area contributed by atoms with Crippen molar-refractivity contribution in [2.24, 2.45) is 0 Å². The lowest BCUT2D eigenvalue weighted by molar-refractivity contribution is -0.121. The zero-order valence-corrected chi connectivity index (χ0v) is 15.2. The molecule has 1 aromatic carbocycles. The second kappa shape index (κ2) is 8.43. The van der Waals surface area contributed by atoms with Crippen LogP contribution >= 0.6 is 22.9 Å². The highest BCUT2D eigenvalue weighted by Gasteiger charge is 2.17. The molecule has 124 valence electrons. The van der Waals surface area contributed by atoms with E-state index in [1.54, 1.807) is 11.3 Å². The van der Waals surface area contributed by atoms with Gasteiger partial charge in [0.15, 0.2) is 0 Å². The van der Waals surface area contributed by atoms with Gasteiger partial charge >= 0.3 is 0 Å². The van der Waals surface area contributed by atoms with Crippen molar-refractivity contribution >= 4 is 28.8 Å². The minimum absolute atomic E-state index is 0.0318. The molecule has 2 N–H and O–H groups in total. The lowest BCUT2D eigenvalue weighted by Gasteiger charge is -2.12. The predicted octanol–water partition coefficient (Wildman–Crippen LogP) is 3.95. The first-order valence-corrected chi connectivity index (χ1v) is 8.88. The first-order chi connectivity index (χ1) is 11.0. The zero-order chi connectivity index (χ0) is 16.8. The number of hydrogen-bond donors (Lipinski definition) is 2. The molecule has 0 aliphatic heterocycles. The molecule has 2 aromatic rings. The van der Waals surface area contributed by atoms with E-state index in [0.29, 0.717) is 11.4 Å². The highest BCUT2D eigenvalue weighted by Crippen LogP contribution is 2.32. The molecule has 1 aromatic heterocycles. The van der Waals surface area contributed by atoms with Crippen LogP contribution in [0.2, 0.25) is 5.02 Å². The van der Waals surface area contributed by atoms with Crippen LogP contribution < -0.4 is 10.6 Å². The Balaban J connectivity index is 2.05. The van der Waals surface area contributed by atoms with Gasteiger partial charge in [-0.2, -0.15) is 0 Å². The van der Waals surface area contributed by atoms with Gasteiger partial charge in [-0.05, 0) is 46.0 Å². The fourth-order valence-electron chi connectivity index (χ4n) is 2.33. The fraction of sp³-hybridized carbons (Fsp3) is 0.412. The van der Waals surface area contributed by atoms with Crippen LogP contribution in [-0.4, -0.2) is 24.5 Å². The highest BCUT2D eigenvalue weighted by molar-refractivity contribution is 7.15. The minimum Gasteiger partial charge on any atom is -0.349 e. The van der Waals surface area contributed by atoms with Gasteiger partial charge in [-0.1, -0.05) is 23.7 Å². The number of thiazole rings is 1. The summed E-state index contributed by atoms with van der Waals surface area (Å²) in [6, 6.07) is 7.62. The van der Waals surface area contributed by atoms with Crippen LogP contribution in [-0.2, 0) is 4.79 Å². The summed E-state index contributed by atoms with van der Waals surface area (Å²) in [5.74, 6) is 0.0774. The zero-order valence-electron chi connectivity index (χ0n) is 13.6. The number of hydrogen-bond acceptors (Lipinski definition) is 4. The van der Waals surface area contributed by atoms with E-state index in [4.69, 9.17) is 11.6 Å². The van der Waals surface area contributed by atoms with E-state index in [1.165, 1.54) is 0 Å². The lowest BCUT2D eigenvalue weighted by Crippen LogP contribution is -2.27. The molecule has 0 aliphatic rings. The summed E-state index contributed by atoms with van der Waals surface area (Å²) in [6.07, 6.45) is 1.37. The molecule has 1 heterocycles. The van der Waals surface area contributed by atoms with Crippen LogP contribution in [0, 0.1) is 6.92 Å². The number of halogens is 1. The maximum absolute atomic E-state index is 12.0. The Morgan fingerprint density at radius 2 is 2.04 bits per heavy atom. The van der Waals surface area contributed by atoms with Gasteiger partial charge in [0.2, 0.25) is 5.91 Å². The molecular formula is C17H22ClN3OS. The van der Waals surface area contributed by atoms with Crippen molar-refractivity contribution in [1.82, 2.24) is 15.6 Å². The van der Waals surface area contributed by atoms with Gasteiger partial charge in [0.05, 0.1) is 16.6 Å². The molecule has 1 unspecified atom stereocenters. The summed E-state index contributed by atoms with van der Waals surface area (Å²) in [5, 5.41) is 7.76. The monoisotopic (exact) mass is 351 g/mol. The number of nitrogens with zero attached hydrogens (tertiary/aromatic N) is 1. The van der Waals surface area contributed by atoms with Gasteiger partial charge in [0.1, 0.15) is 5.01 Å². The standard InChI is InChI=1S/C17H22ClN3OS/c1-11(20-15(22)5-4-10-19-3)16-12(2)21-17(23-16)13-6-8-14(18)9-7-13/h6-9,11,19H,4-5,10H2,1-3H3,(H,20,22). The van der Waals surface area contributed by atoms with E-state index in [-0.39, 0.29) is 11.9 Å². The van der Waals surface area contributed by atoms with Gasteiger partial charge in [0.25, 0.3) is 0 Å². The second-order valence-corrected chi connectivity index (χ2v) is 6.94. The number of carbonyl (C=O) groups is 1. The average Bonchev–Trinajstić information content (AvgIpc) is 2.90. The molecule has 2 rings (SSSR count). The summed E-state index contributed by atoms with van der Waals surface area (Å²) in [5.41, 5.74) is 2.00. The Morgan fingerprint density at radius 1 is 1.35 bits per heavy atom. The van der Waals surface area contributed by atoms with Crippen LogP contribution in [0.25, 0.3) is 10.6 Å². The van der Waals surface area contributed by atoms with E-state index in [2.05, 4.69) is 15.6 Å². The van der Waals surface area contributed by atoms with E-state index >= 15 is 0 Å². The number of aromatic nitrogens is 1. The molecule has 0 bridgehead atoms. The van der Waals surface area contributed by atoms with Crippen LogP contribution in [0.5, 0.6) is 0 Å². The summed E-state index contributed by atoms with van der Waals surface area (Å²) < 4.78 is 0. The molecule has 1 amide bonds. The number of amides is 1. The van der Waals surface area contributed by atoms with E-state index in [9.17, 15) is 4.79 Å². The normalized spacial score (nSPS) is 12.2. The quantitative estimate of drug-likeness (QED) is 0.743. The van der Waals surface area contributed by atoms with Crippen LogP contribution in [0.4, 0.5) is 0 Å². The summed E-state index contributed by atoms with van der Waals surface area (Å²) >= 11 is 7.54. The molecule has 0 saturated heterocycles. The Labute approximate surface area is 146 Å². The molecule has 1 atom stereocenters. The molecule has 0 aliphatic carbocycles. The summed E-state index contributed by atoms with van der Waals surface area (Å²) in [7, 11) is 1.89. The molecular weight excluding hydrogens is 330 g/mol. The van der Waals surface area contributed by atoms with Crippen molar-refractivity contribution in [2.75, 3.05) is 13.6 Å². The Hall–Kier alpha value is -1.43. The van der Waals surface area contributed by atoms with Gasteiger partial charge in [-0.15, -0.1) is 11.3 Å². The van der Waals surface area contributed by atoms with Crippen LogP contribution in [0.15, 0.2) is 24.3 Å². The summed E-state index contributed by atoms with van der Waals surface area (Å²) in [6.45, 7) is 4.83. The number of nitrogens with one attached hydrogen (secondary N) is 2. The van der Waals surface area contributed by atoms with Crippen molar-refractivity contribution in [3.63, 3.8) is 0 Å². The minimum atomic E-state index is -0.0318. The van der Waals surface area contributed by atoms with Crippen molar-refractivity contribution in [2.45, 2.75) is 32.7 Å². The summed E-state index contributed by atoms with van der Waals surface area (Å²) in [4.78, 5) is 17.7. The molecule has 0 spiro atoms. The van der Waals surface area contributed by atoms with Crippen molar-refractivity contribution in [1.29, 1.82) is 0 Å². The van der Waals surface area contributed by atoms with Gasteiger partial charge < -0.3 is 10.6 Å². The van der Waals surface area contributed by atoms with Gasteiger partial charge in [0, 0.05) is 17.0 Å². The molecule has 23 heavy (non-hydrogen) atoms. The highest BCUT2D eigenvalue weighted by atomic mass is 35.5. The SMILES string of the molecule is CNCCCC(=O)NC(C)c1sc(-c2ccc(Cl)cc2)nc1C. The topological polar surface area (TPSA) is 54.0 Å². The fourth-order valence-corrected chi connectivity index (χ4v) is 3.53. The molecule has 0 fully saturated rings. The maximum atomic E-state index is 12.0. The number of rotatable bonds is 7. The second-order valence-electron chi connectivity index (χ2n) is 5.47. The van der Waals surface area contributed by atoms with Gasteiger partial charge in [-0.3, -0.25) is 4.79 Å². The lowest BCUT2D eigenvalue weighted by atomic mass is 10.2. The third-order valence-corrected chi connectivity index (χ3v) is 5.17. The van der Waals surface area contributed by atoms with Crippen LogP contribution in [0.1, 0.15) is 36.4 Å². The number of carbonyl (C=O) groups excluding carboxylic acids is 1. The molecule has 0 saturated carbocycles. The van der Waals surface area contributed by atoms with Crippen molar-refractivity contribution in [3.05, 3.63) is 39.9 Å². The Bertz CT molecular complexity index is 654. The third kappa shape index (κ3) is 5.03. The largest absolute Gasteiger partial charge is 0.349 e. The van der Waals surface area contributed by atoms with E-state index in [0.717, 1.165) is 34.1 Å². The van der Waals surface area contributed by atoms with Crippen molar-refractivity contribution < 1.29 is 4.79 Å². The maximum Gasteiger partial charge on any atom is 0.220 e. The first-order valence-electron chi connectivity index (χ1n) is 7.68. The molecule has 0 radical (unpaired) electrons.